The van der Waals surface area contributed by atoms with Gasteiger partial charge >= 0.3 is 0 Å². The van der Waals surface area contributed by atoms with Crippen molar-refractivity contribution in [2.75, 3.05) is 0 Å². The molecule has 1 aliphatic rings. The van der Waals surface area contributed by atoms with E-state index in [1.807, 2.05) is 0 Å². The molecule has 9 aromatic carbocycles. The van der Waals surface area contributed by atoms with Crippen LogP contribution in [-0.2, 0) is 0 Å². The molecule has 0 aliphatic heterocycles. The Balaban J connectivity index is 1.28. The van der Waals surface area contributed by atoms with Crippen molar-refractivity contribution < 1.29 is 0 Å². The molecule has 0 radical (unpaired) electrons. The van der Waals surface area contributed by atoms with Crippen LogP contribution in [0.3, 0.4) is 0 Å². The minimum absolute atomic E-state index is 0.914. The molecule has 0 fully saturated rings. The fraction of sp³-hybridized carbons (Fsp3) is 0.0204. The van der Waals surface area contributed by atoms with Crippen molar-refractivity contribution in [2.45, 2.75) is 6.42 Å². The summed E-state index contributed by atoms with van der Waals surface area (Å²) in [4.78, 5) is 0. The first-order valence-corrected chi connectivity index (χ1v) is 17.1. The molecular formula is C49H32. The molecule has 10 rings (SSSR count). The van der Waals surface area contributed by atoms with E-state index in [0.29, 0.717) is 0 Å². The van der Waals surface area contributed by atoms with Gasteiger partial charge in [-0.15, -0.1) is 0 Å². The Hall–Kier alpha value is -6.24. The van der Waals surface area contributed by atoms with Gasteiger partial charge in [0.1, 0.15) is 0 Å². The van der Waals surface area contributed by atoms with Crippen LogP contribution in [0.4, 0.5) is 0 Å². The molecule has 0 N–H and O–H groups in total. The third kappa shape index (κ3) is 4.68. The summed E-state index contributed by atoms with van der Waals surface area (Å²) < 4.78 is 0. The normalized spacial score (nSPS) is 12.9. The van der Waals surface area contributed by atoms with E-state index in [2.05, 4.69) is 182 Å². The second kappa shape index (κ2) is 11.2. The molecule has 0 heteroatoms. The SMILES string of the molecule is C1=C(c2ccc3c(c2)c(-c2ccc4ccccc4c2)cc2c4ccccc4c(-c4ccc5ccccc5c4)cc32)C=c2ccccc2=CC1. The predicted molar refractivity (Wildman–Crippen MR) is 212 cm³/mol. The van der Waals surface area contributed by atoms with Gasteiger partial charge < -0.3 is 0 Å². The summed E-state index contributed by atoms with van der Waals surface area (Å²) in [6.45, 7) is 0. The summed E-state index contributed by atoms with van der Waals surface area (Å²) in [6, 6.07) is 60.7. The molecule has 0 unspecified atom stereocenters. The summed E-state index contributed by atoms with van der Waals surface area (Å²) in [5.74, 6) is 0. The highest BCUT2D eigenvalue weighted by atomic mass is 14.2. The van der Waals surface area contributed by atoms with Crippen molar-refractivity contribution in [1.29, 1.82) is 0 Å². The fourth-order valence-electron chi connectivity index (χ4n) is 7.94. The van der Waals surface area contributed by atoms with Crippen molar-refractivity contribution >= 4 is 71.6 Å². The molecule has 0 heterocycles. The smallest absolute Gasteiger partial charge is 0.00923 e. The zero-order chi connectivity index (χ0) is 32.3. The largest absolute Gasteiger partial charge is 0.0728 e. The Bertz CT molecular complexity index is 2960. The van der Waals surface area contributed by atoms with E-state index in [9.17, 15) is 0 Å². The molecule has 0 aromatic heterocycles. The Morgan fingerprint density at radius 1 is 0.306 bits per heavy atom. The molecule has 0 bridgehead atoms. The van der Waals surface area contributed by atoms with Gasteiger partial charge in [-0.05, 0) is 141 Å². The summed E-state index contributed by atoms with van der Waals surface area (Å²) in [5, 5.41) is 15.3. The maximum Gasteiger partial charge on any atom is -0.00923 e. The number of hydrogen-bond donors (Lipinski definition) is 0. The molecule has 0 spiro atoms. The topological polar surface area (TPSA) is 0 Å². The third-order valence-electron chi connectivity index (χ3n) is 10.4. The van der Waals surface area contributed by atoms with E-state index in [0.717, 1.165) is 6.42 Å². The lowest BCUT2D eigenvalue weighted by molar-refractivity contribution is 1.45. The van der Waals surface area contributed by atoms with E-state index in [4.69, 9.17) is 0 Å². The Kier molecular flexibility index (Phi) is 6.35. The first-order valence-electron chi connectivity index (χ1n) is 17.1. The van der Waals surface area contributed by atoms with E-state index in [-0.39, 0.29) is 0 Å². The molecule has 1 aliphatic carbocycles. The molecule has 0 amide bonds. The number of hydrogen-bond acceptors (Lipinski definition) is 0. The van der Waals surface area contributed by atoms with E-state index in [1.54, 1.807) is 0 Å². The van der Waals surface area contributed by atoms with Crippen LogP contribution < -0.4 is 10.4 Å². The first-order chi connectivity index (χ1) is 24.3. The van der Waals surface area contributed by atoms with Crippen molar-refractivity contribution in [1.82, 2.24) is 0 Å². The highest BCUT2D eigenvalue weighted by Crippen LogP contribution is 2.43. The third-order valence-corrected chi connectivity index (χ3v) is 10.4. The lowest BCUT2D eigenvalue weighted by atomic mass is 9.86. The second-order valence-electron chi connectivity index (χ2n) is 13.2. The molecule has 0 saturated carbocycles. The van der Waals surface area contributed by atoms with Crippen LogP contribution in [0, 0.1) is 0 Å². The van der Waals surface area contributed by atoms with E-state index in [1.165, 1.54) is 97.7 Å². The van der Waals surface area contributed by atoms with Gasteiger partial charge in [0.05, 0.1) is 0 Å². The monoisotopic (exact) mass is 620 g/mol. The molecule has 0 atom stereocenters. The second-order valence-corrected chi connectivity index (χ2v) is 13.2. The van der Waals surface area contributed by atoms with Gasteiger partial charge in [0.2, 0.25) is 0 Å². The molecule has 9 aromatic rings. The average molecular weight is 621 g/mol. The van der Waals surface area contributed by atoms with Crippen LogP contribution >= 0.6 is 0 Å². The van der Waals surface area contributed by atoms with Gasteiger partial charge in [0.15, 0.2) is 0 Å². The molecule has 228 valence electrons. The quantitative estimate of drug-likeness (QED) is 0.172. The Morgan fingerprint density at radius 3 is 1.53 bits per heavy atom. The molecular weight excluding hydrogens is 589 g/mol. The summed E-state index contributed by atoms with van der Waals surface area (Å²) >= 11 is 0. The Labute approximate surface area is 285 Å². The summed E-state index contributed by atoms with van der Waals surface area (Å²) in [6.07, 6.45) is 7.95. The van der Waals surface area contributed by atoms with E-state index < -0.39 is 0 Å². The minimum atomic E-state index is 0.914. The van der Waals surface area contributed by atoms with Crippen molar-refractivity contribution in [3.8, 4) is 22.3 Å². The van der Waals surface area contributed by atoms with Gasteiger partial charge in [0, 0.05) is 0 Å². The van der Waals surface area contributed by atoms with Crippen LogP contribution in [0.25, 0.3) is 93.8 Å². The minimum Gasteiger partial charge on any atom is -0.0728 e. The molecule has 0 nitrogen and oxygen atoms in total. The number of rotatable bonds is 3. The fourth-order valence-corrected chi connectivity index (χ4v) is 7.94. The standard InChI is InChI=1S/C49H32/c1-4-13-35-26-38(17-9-16-32(35)10-1)39-24-25-44-47(29-39)46(41-23-21-34-12-3-6-15-37(34)28-41)31-48-43-19-8-7-18-42(43)45(30-49(44)48)40-22-20-33-11-2-5-14-36(33)27-40/h1-8,10-31H,9H2. The van der Waals surface area contributed by atoms with Crippen LogP contribution in [-0.4, -0.2) is 0 Å². The van der Waals surface area contributed by atoms with Gasteiger partial charge in [-0.25, -0.2) is 0 Å². The number of benzene rings is 9. The average Bonchev–Trinajstić information content (AvgIpc) is 3.39. The zero-order valence-corrected chi connectivity index (χ0v) is 27.0. The summed E-state index contributed by atoms with van der Waals surface area (Å²) in [5.41, 5.74) is 7.53. The maximum absolute atomic E-state index is 2.45. The predicted octanol–water partition coefficient (Wildman–Crippen LogP) is 11.8. The van der Waals surface area contributed by atoms with Gasteiger partial charge in [-0.1, -0.05) is 146 Å². The maximum atomic E-state index is 2.45. The van der Waals surface area contributed by atoms with E-state index >= 15 is 0 Å². The molecule has 49 heavy (non-hydrogen) atoms. The number of fused-ring (bicyclic) bond motifs is 8. The zero-order valence-electron chi connectivity index (χ0n) is 27.0. The van der Waals surface area contributed by atoms with Gasteiger partial charge in [-0.2, -0.15) is 0 Å². The van der Waals surface area contributed by atoms with Crippen molar-refractivity contribution in [3.05, 3.63) is 186 Å². The van der Waals surface area contributed by atoms with Crippen LogP contribution in [0.15, 0.2) is 170 Å². The van der Waals surface area contributed by atoms with Gasteiger partial charge in [0.25, 0.3) is 0 Å². The molecule has 0 saturated heterocycles. The highest BCUT2D eigenvalue weighted by Gasteiger charge is 2.16. The van der Waals surface area contributed by atoms with Gasteiger partial charge in [-0.3, -0.25) is 0 Å². The Morgan fingerprint density at radius 2 is 0.837 bits per heavy atom. The van der Waals surface area contributed by atoms with Crippen LogP contribution in [0.1, 0.15) is 12.0 Å². The first kappa shape index (κ1) is 27.8. The van der Waals surface area contributed by atoms with Crippen LogP contribution in [0.2, 0.25) is 0 Å². The van der Waals surface area contributed by atoms with Crippen LogP contribution in [0.5, 0.6) is 0 Å². The lowest BCUT2D eigenvalue weighted by Crippen LogP contribution is -2.22. The van der Waals surface area contributed by atoms with Crippen molar-refractivity contribution in [2.24, 2.45) is 0 Å². The highest BCUT2D eigenvalue weighted by molar-refractivity contribution is 6.24. The number of allylic oxidation sites excluding steroid dienone is 2. The summed E-state index contributed by atoms with van der Waals surface area (Å²) in [7, 11) is 0. The lowest BCUT2D eigenvalue weighted by Gasteiger charge is -2.17. The van der Waals surface area contributed by atoms with Crippen molar-refractivity contribution in [3.63, 3.8) is 0 Å².